The van der Waals surface area contributed by atoms with Crippen molar-refractivity contribution in [3.8, 4) is 0 Å². The van der Waals surface area contributed by atoms with Gasteiger partial charge >= 0.3 is 0 Å². The van der Waals surface area contributed by atoms with Gasteiger partial charge < -0.3 is 5.32 Å². The molecule has 106 valence electrons. The van der Waals surface area contributed by atoms with Crippen LogP contribution in [0.2, 0.25) is 5.02 Å². The minimum Gasteiger partial charge on any atom is -0.356 e. The van der Waals surface area contributed by atoms with Gasteiger partial charge in [-0.05, 0) is 24.6 Å². The summed E-state index contributed by atoms with van der Waals surface area (Å²) < 4.78 is 0.976. The lowest BCUT2D eigenvalue weighted by atomic mass is 10.2. The van der Waals surface area contributed by atoms with Gasteiger partial charge in [-0.2, -0.15) is 0 Å². The molecule has 0 fully saturated rings. The van der Waals surface area contributed by atoms with Crippen LogP contribution in [0.4, 0.5) is 0 Å². The van der Waals surface area contributed by atoms with Crippen LogP contribution in [0.1, 0.15) is 18.2 Å². The van der Waals surface area contributed by atoms with Crippen molar-refractivity contribution < 1.29 is 4.79 Å². The molecule has 1 aromatic carbocycles. The number of hydrogen-bond donors (Lipinski definition) is 1. The van der Waals surface area contributed by atoms with Gasteiger partial charge in [-0.1, -0.05) is 35.5 Å². The smallest absolute Gasteiger partial charge is 0.226 e. The van der Waals surface area contributed by atoms with E-state index >= 15 is 0 Å². The molecule has 1 N–H and O–H groups in total. The summed E-state index contributed by atoms with van der Waals surface area (Å²) in [6.07, 6.45) is 0.349. The molecule has 0 saturated heterocycles. The van der Waals surface area contributed by atoms with E-state index in [1.165, 1.54) is 5.56 Å². The normalized spacial score (nSPS) is 10.5. The van der Waals surface area contributed by atoms with E-state index in [1.54, 1.807) is 23.1 Å². The maximum Gasteiger partial charge on any atom is 0.226 e. The maximum absolute atomic E-state index is 11.5. The largest absolute Gasteiger partial charge is 0.356 e. The molecule has 0 spiro atoms. The molecule has 0 radical (unpaired) electrons. The first-order chi connectivity index (χ1) is 9.67. The predicted molar refractivity (Wildman–Crippen MR) is 85.5 cm³/mol. The summed E-state index contributed by atoms with van der Waals surface area (Å²) in [5.74, 6) is 0.846. The van der Waals surface area contributed by atoms with Crippen LogP contribution in [0.5, 0.6) is 0 Å². The van der Waals surface area contributed by atoms with E-state index in [1.807, 2.05) is 36.6 Å². The van der Waals surface area contributed by atoms with Gasteiger partial charge in [-0.15, -0.1) is 11.3 Å². The predicted octanol–water partition coefficient (Wildman–Crippen LogP) is 3.77. The molecule has 1 aromatic heterocycles. The summed E-state index contributed by atoms with van der Waals surface area (Å²) in [7, 11) is 0. The van der Waals surface area contributed by atoms with E-state index < -0.39 is 0 Å². The molecular weight excluding hydrogens is 312 g/mol. The maximum atomic E-state index is 11.5. The minimum absolute atomic E-state index is 0.0178. The molecule has 0 atom stereocenters. The molecular formula is C14H15ClN2OS2. The molecule has 0 saturated carbocycles. The summed E-state index contributed by atoms with van der Waals surface area (Å²) in [6.45, 7) is 2.56. The van der Waals surface area contributed by atoms with Crippen molar-refractivity contribution >= 4 is 40.6 Å². The summed E-state index contributed by atoms with van der Waals surface area (Å²) in [4.78, 5) is 15.9. The standard InChI is InChI=1S/C14H15ClN2OS2/c1-2-16-13(18)7-12-9-20-14(17-12)19-8-10-4-3-5-11(15)6-10/h3-6,9H,2,7-8H2,1H3,(H,16,18). The zero-order valence-electron chi connectivity index (χ0n) is 11.1. The van der Waals surface area contributed by atoms with Crippen molar-refractivity contribution in [2.75, 3.05) is 6.54 Å². The fourth-order valence-corrected chi connectivity index (χ4v) is 3.63. The van der Waals surface area contributed by atoms with Gasteiger partial charge in [0.1, 0.15) is 4.34 Å². The molecule has 0 aliphatic rings. The van der Waals surface area contributed by atoms with Gasteiger partial charge in [-0.25, -0.2) is 4.98 Å². The van der Waals surface area contributed by atoms with Gasteiger partial charge in [0.2, 0.25) is 5.91 Å². The number of hydrogen-bond acceptors (Lipinski definition) is 4. The summed E-state index contributed by atoms with van der Waals surface area (Å²) in [5, 5.41) is 5.46. The molecule has 0 aliphatic heterocycles. The van der Waals surface area contributed by atoms with Gasteiger partial charge in [0, 0.05) is 22.7 Å². The fraction of sp³-hybridized carbons (Fsp3) is 0.286. The van der Waals surface area contributed by atoms with Gasteiger partial charge in [0.15, 0.2) is 0 Å². The SMILES string of the molecule is CCNC(=O)Cc1csc(SCc2cccc(Cl)c2)n1. The highest BCUT2D eigenvalue weighted by molar-refractivity contribution is 8.00. The Morgan fingerprint density at radius 2 is 2.35 bits per heavy atom. The number of rotatable bonds is 6. The van der Waals surface area contributed by atoms with Gasteiger partial charge in [-0.3, -0.25) is 4.79 Å². The highest BCUT2D eigenvalue weighted by Gasteiger charge is 2.07. The van der Waals surface area contributed by atoms with Gasteiger partial charge in [0.25, 0.3) is 0 Å². The molecule has 0 aliphatic carbocycles. The zero-order chi connectivity index (χ0) is 14.4. The molecule has 0 bridgehead atoms. The Labute approximate surface area is 131 Å². The third-order valence-corrected chi connectivity index (χ3v) is 4.87. The van der Waals surface area contributed by atoms with Crippen molar-refractivity contribution in [2.24, 2.45) is 0 Å². The number of nitrogens with zero attached hydrogens (tertiary/aromatic N) is 1. The highest BCUT2D eigenvalue weighted by atomic mass is 35.5. The Balaban J connectivity index is 1.88. The van der Waals surface area contributed by atoms with Crippen LogP contribution in [-0.4, -0.2) is 17.4 Å². The number of amides is 1. The van der Waals surface area contributed by atoms with Crippen LogP contribution in [-0.2, 0) is 17.0 Å². The quantitative estimate of drug-likeness (QED) is 0.822. The van der Waals surface area contributed by atoms with Crippen LogP contribution in [0.15, 0.2) is 34.0 Å². The zero-order valence-corrected chi connectivity index (χ0v) is 13.4. The minimum atomic E-state index is 0.0178. The third-order valence-electron chi connectivity index (χ3n) is 2.50. The van der Waals surface area contributed by atoms with Crippen LogP contribution >= 0.6 is 34.7 Å². The molecule has 2 aromatic rings. The van der Waals surface area contributed by atoms with Gasteiger partial charge in [0.05, 0.1) is 12.1 Å². The number of halogens is 1. The number of likely N-dealkylation sites (N-methyl/N-ethyl adjacent to an activating group) is 1. The molecule has 3 nitrogen and oxygen atoms in total. The number of nitrogens with one attached hydrogen (secondary N) is 1. The summed E-state index contributed by atoms with van der Waals surface area (Å²) in [5.41, 5.74) is 2.00. The average Bonchev–Trinajstić information content (AvgIpc) is 2.84. The summed E-state index contributed by atoms with van der Waals surface area (Å²) in [6, 6.07) is 7.81. The van der Waals surface area contributed by atoms with Crippen molar-refractivity contribution in [3.63, 3.8) is 0 Å². The Kier molecular flexibility index (Phi) is 5.88. The summed E-state index contributed by atoms with van der Waals surface area (Å²) >= 11 is 9.18. The Hall–Kier alpha value is -1.04. The number of carbonyl (C=O) groups excluding carboxylic acids is 1. The second-order valence-corrected chi connectivity index (χ2v) is 6.67. The van der Waals surface area contributed by atoms with Crippen LogP contribution < -0.4 is 5.32 Å². The van der Waals surface area contributed by atoms with Crippen LogP contribution in [0.3, 0.4) is 0 Å². The number of benzene rings is 1. The van der Waals surface area contributed by atoms with E-state index in [2.05, 4.69) is 10.3 Å². The van der Waals surface area contributed by atoms with E-state index in [4.69, 9.17) is 11.6 Å². The monoisotopic (exact) mass is 326 g/mol. The number of aromatic nitrogens is 1. The fourth-order valence-electron chi connectivity index (χ4n) is 1.63. The number of thioether (sulfide) groups is 1. The van der Waals surface area contributed by atoms with Crippen molar-refractivity contribution in [2.45, 2.75) is 23.4 Å². The highest BCUT2D eigenvalue weighted by Crippen LogP contribution is 2.27. The van der Waals surface area contributed by atoms with Crippen LogP contribution in [0, 0.1) is 0 Å². The lowest BCUT2D eigenvalue weighted by Crippen LogP contribution is -2.24. The first kappa shape index (κ1) is 15.4. The molecule has 2 rings (SSSR count). The van der Waals surface area contributed by atoms with Crippen molar-refractivity contribution in [1.82, 2.24) is 10.3 Å². The third kappa shape index (κ3) is 4.81. The second kappa shape index (κ2) is 7.67. The average molecular weight is 327 g/mol. The van der Waals surface area contributed by atoms with Crippen LogP contribution in [0.25, 0.3) is 0 Å². The van der Waals surface area contributed by atoms with E-state index in [-0.39, 0.29) is 5.91 Å². The Morgan fingerprint density at radius 1 is 1.50 bits per heavy atom. The van der Waals surface area contributed by atoms with Crippen molar-refractivity contribution in [3.05, 3.63) is 45.9 Å². The number of thiazole rings is 1. The molecule has 20 heavy (non-hydrogen) atoms. The molecule has 0 unspecified atom stereocenters. The lowest BCUT2D eigenvalue weighted by Gasteiger charge is -2.00. The second-order valence-electron chi connectivity index (χ2n) is 4.15. The van der Waals surface area contributed by atoms with E-state index in [0.29, 0.717) is 13.0 Å². The number of carbonyl (C=O) groups is 1. The molecule has 1 heterocycles. The first-order valence-electron chi connectivity index (χ1n) is 6.25. The van der Waals surface area contributed by atoms with E-state index in [9.17, 15) is 4.79 Å². The lowest BCUT2D eigenvalue weighted by molar-refractivity contribution is -0.120. The molecule has 1 amide bonds. The van der Waals surface area contributed by atoms with E-state index in [0.717, 1.165) is 20.8 Å². The Bertz CT molecular complexity index is 586. The topological polar surface area (TPSA) is 42.0 Å². The Morgan fingerprint density at radius 3 is 3.10 bits per heavy atom. The first-order valence-corrected chi connectivity index (χ1v) is 8.50. The molecule has 6 heteroatoms. The van der Waals surface area contributed by atoms with Crippen molar-refractivity contribution in [1.29, 1.82) is 0 Å².